The molecule has 0 aliphatic rings. The third kappa shape index (κ3) is 5.08. The quantitative estimate of drug-likeness (QED) is 0.172. The molecule has 0 bridgehead atoms. The van der Waals surface area contributed by atoms with E-state index in [1.807, 2.05) is 11.3 Å². The van der Waals surface area contributed by atoms with Gasteiger partial charge in [0.05, 0.1) is 33.3 Å². The van der Waals surface area contributed by atoms with Crippen LogP contribution in [-0.4, -0.2) is 14.1 Å². The van der Waals surface area contributed by atoms with Gasteiger partial charge in [0.25, 0.3) is 0 Å². The molecule has 12 aromatic rings. The van der Waals surface area contributed by atoms with Crippen LogP contribution in [0.5, 0.6) is 0 Å². The van der Waals surface area contributed by atoms with E-state index in [0.717, 1.165) is 44.6 Å². The van der Waals surface area contributed by atoms with Gasteiger partial charge in [-0.1, -0.05) is 127 Å². The van der Waals surface area contributed by atoms with E-state index in [0.29, 0.717) is 0 Å². The van der Waals surface area contributed by atoms with E-state index in [9.17, 15) is 0 Å². The maximum absolute atomic E-state index is 5.39. The highest BCUT2D eigenvalue weighted by molar-refractivity contribution is 7.25. The standard InChI is InChI=1S/C53H33N3S/c1-4-14-34(15-5-1)37-28-38(35-16-6-2-7-17-35)30-40(29-37)56-47-22-12-10-20-41(47)43-31-39(24-26-48(43)56)55-49-27-25-46(36-18-8-3-9-19-36)54-53(49)45-32-44-42-21-11-13-23-51(42)57-52(44)33-50(45)55/h1-33H. The van der Waals surface area contributed by atoms with Crippen molar-refractivity contribution < 1.29 is 0 Å². The second-order valence-corrected chi connectivity index (χ2v) is 15.9. The summed E-state index contributed by atoms with van der Waals surface area (Å²) in [5, 5.41) is 6.16. The second kappa shape index (κ2) is 12.6. The lowest BCUT2D eigenvalue weighted by molar-refractivity contribution is 1.16. The van der Waals surface area contributed by atoms with Crippen LogP contribution in [0.4, 0.5) is 0 Å². The van der Waals surface area contributed by atoms with Gasteiger partial charge in [0.15, 0.2) is 0 Å². The van der Waals surface area contributed by atoms with E-state index >= 15 is 0 Å². The minimum absolute atomic E-state index is 0.976. The molecular weight excluding hydrogens is 711 g/mol. The SMILES string of the molecule is c1ccc(-c2cc(-c3ccccc3)cc(-n3c4ccccc4c4cc(-n5c6cc7sc8ccccc8c7cc6c6nc(-c7ccccc7)ccc65)ccc43)c2)cc1. The molecule has 0 atom stereocenters. The fraction of sp³-hybridized carbons (Fsp3) is 0. The Hall–Kier alpha value is -7.27. The van der Waals surface area contributed by atoms with Gasteiger partial charge in [-0.3, -0.25) is 0 Å². The van der Waals surface area contributed by atoms with Crippen LogP contribution in [0.3, 0.4) is 0 Å². The van der Waals surface area contributed by atoms with Crippen molar-refractivity contribution in [2.24, 2.45) is 0 Å². The van der Waals surface area contributed by atoms with E-state index in [1.165, 1.54) is 64.2 Å². The Morgan fingerprint density at radius 3 is 1.65 bits per heavy atom. The number of aromatic nitrogens is 3. The maximum atomic E-state index is 5.39. The molecule has 8 aromatic carbocycles. The molecule has 0 radical (unpaired) electrons. The van der Waals surface area contributed by atoms with E-state index in [-0.39, 0.29) is 0 Å². The zero-order valence-electron chi connectivity index (χ0n) is 30.8. The Balaban J connectivity index is 1.12. The summed E-state index contributed by atoms with van der Waals surface area (Å²) in [5.41, 5.74) is 14.7. The molecule has 4 heteroatoms. The molecular formula is C53H33N3S. The van der Waals surface area contributed by atoms with Gasteiger partial charge >= 0.3 is 0 Å². The molecule has 0 fully saturated rings. The fourth-order valence-electron chi connectivity index (χ4n) is 8.86. The number of benzene rings is 8. The molecule has 266 valence electrons. The molecule has 0 spiro atoms. The summed E-state index contributed by atoms with van der Waals surface area (Å²) in [4.78, 5) is 5.39. The topological polar surface area (TPSA) is 22.8 Å². The highest BCUT2D eigenvalue weighted by Crippen LogP contribution is 2.42. The van der Waals surface area contributed by atoms with Crippen LogP contribution in [0.15, 0.2) is 200 Å². The second-order valence-electron chi connectivity index (χ2n) is 14.8. The number of rotatable bonds is 5. The molecule has 4 aromatic heterocycles. The first-order chi connectivity index (χ1) is 28.2. The van der Waals surface area contributed by atoms with Crippen molar-refractivity contribution in [1.29, 1.82) is 0 Å². The van der Waals surface area contributed by atoms with Gasteiger partial charge in [-0.25, -0.2) is 4.98 Å². The lowest BCUT2D eigenvalue weighted by Crippen LogP contribution is -1.97. The maximum Gasteiger partial charge on any atom is 0.0971 e. The first-order valence-electron chi connectivity index (χ1n) is 19.4. The predicted molar refractivity (Wildman–Crippen MR) is 242 cm³/mol. The summed E-state index contributed by atoms with van der Waals surface area (Å²) < 4.78 is 7.44. The molecule has 0 unspecified atom stereocenters. The number of nitrogens with zero attached hydrogens (tertiary/aromatic N) is 3. The number of thiophene rings is 1. The van der Waals surface area contributed by atoms with Gasteiger partial charge in [-0.15, -0.1) is 11.3 Å². The Kier molecular flexibility index (Phi) is 7.10. The summed E-state index contributed by atoms with van der Waals surface area (Å²) in [6, 6.07) is 72.6. The number of pyridine rings is 1. The van der Waals surface area contributed by atoms with Crippen molar-refractivity contribution >= 4 is 75.3 Å². The number of hydrogen-bond acceptors (Lipinski definition) is 2. The molecule has 0 amide bonds. The zero-order valence-corrected chi connectivity index (χ0v) is 31.6. The average molecular weight is 744 g/mol. The van der Waals surface area contributed by atoms with Crippen LogP contribution >= 0.6 is 11.3 Å². The highest BCUT2D eigenvalue weighted by Gasteiger charge is 2.20. The molecule has 0 saturated heterocycles. The van der Waals surface area contributed by atoms with Crippen LogP contribution in [0.2, 0.25) is 0 Å². The molecule has 0 saturated carbocycles. The normalized spacial score (nSPS) is 11.9. The van der Waals surface area contributed by atoms with Crippen molar-refractivity contribution in [3.05, 3.63) is 200 Å². The van der Waals surface area contributed by atoms with Gasteiger partial charge < -0.3 is 9.13 Å². The largest absolute Gasteiger partial charge is 0.309 e. The Morgan fingerprint density at radius 1 is 0.316 bits per heavy atom. The van der Waals surface area contributed by atoms with Crippen molar-refractivity contribution in [3.63, 3.8) is 0 Å². The average Bonchev–Trinajstić information content (AvgIpc) is 3.93. The van der Waals surface area contributed by atoms with E-state index < -0.39 is 0 Å². The van der Waals surface area contributed by atoms with E-state index in [4.69, 9.17) is 4.98 Å². The third-order valence-electron chi connectivity index (χ3n) is 11.5. The van der Waals surface area contributed by atoms with Gasteiger partial charge in [0, 0.05) is 53.3 Å². The first kappa shape index (κ1) is 32.0. The van der Waals surface area contributed by atoms with Crippen LogP contribution in [0.25, 0.3) is 109 Å². The monoisotopic (exact) mass is 743 g/mol. The molecule has 4 heterocycles. The molecule has 0 aliphatic heterocycles. The number of para-hydroxylation sites is 1. The number of hydrogen-bond donors (Lipinski definition) is 0. The third-order valence-corrected chi connectivity index (χ3v) is 12.6. The molecule has 57 heavy (non-hydrogen) atoms. The fourth-order valence-corrected chi connectivity index (χ4v) is 9.98. The van der Waals surface area contributed by atoms with Gasteiger partial charge in [0.2, 0.25) is 0 Å². The zero-order chi connectivity index (χ0) is 37.5. The van der Waals surface area contributed by atoms with Crippen molar-refractivity contribution in [3.8, 4) is 44.9 Å². The van der Waals surface area contributed by atoms with E-state index in [1.54, 1.807) is 0 Å². The highest BCUT2D eigenvalue weighted by atomic mass is 32.1. The lowest BCUT2D eigenvalue weighted by atomic mass is 9.98. The van der Waals surface area contributed by atoms with Crippen LogP contribution in [0, 0.1) is 0 Å². The minimum Gasteiger partial charge on any atom is -0.309 e. The summed E-state index contributed by atoms with van der Waals surface area (Å²) >= 11 is 1.86. The first-order valence-corrected chi connectivity index (χ1v) is 20.2. The Morgan fingerprint density at radius 2 is 0.912 bits per heavy atom. The smallest absolute Gasteiger partial charge is 0.0971 e. The summed E-state index contributed by atoms with van der Waals surface area (Å²) in [6.45, 7) is 0. The molecule has 12 rings (SSSR count). The molecule has 0 N–H and O–H groups in total. The van der Waals surface area contributed by atoms with Crippen LogP contribution < -0.4 is 0 Å². The van der Waals surface area contributed by atoms with Crippen molar-refractivity contribution in [1.82, 2.24) is 14.1 Å². The molecule has 3 nitrogen and oxygen atoms in total. The Bertz CT molecular complexity index is 3440. The van der Waals surface area contributed by atoms with Gasteiger partial charge in [0.1, 0.15) is 0 Å². The van der Waals surface area contributed by atoms with Crippen LogP contribution in [-0.2, 0) is 0 Å². The van der Waals surface area contributed by atoms with E-state index in [2.05, 4.69) is 209 Å². The van der Waals surface area contributed by atoms with Gasteiger partial charge in [-0.2, -0.15) is 0 Å². The minimum atomic E-state index is 0.976. The summed E-state index contributed by atoms with van der Waals surface area (Å²) in [5.74, 6) is 0. The summed E-state index contributed by atoms with van der Waals surface area (Å²) in [7, 11) is 0. The predicted octanol–water partition coefficient (Wildman–Crippen LogP) is 14.6. The van der Waals surface area contributed by atoms with Crippen molar-refractivity contribution in [2.75, 3.05) is 0 Å². The van der Waals surface area contributed by atoms with Crippen molar-refractivity contribution in [2.45, 2.75) is 0 Å². The Labute approximate surface area is 333 Å². The van der Waals surface area contributed by atoms with Gasteiger partial charge in [-0.05, 0) is 95.1 Å². The molecule has 0 aliphatic carbocycles. The lowest BCUT2D eigenvalue weighted by Gasteiger charge is -2.14. The summed E-state index contributed by atoms with van der Waals surface area (Å²) in [6.07, 6.45) is 0. The number of fused-ring (bicyclic) bond motifs is 9. The van der Waals surface area contributed by atoms with Crippen LogP contribution in [0.1, 0.15) is 0 Å².